The van der Waals surface area contributed by atoms with Crippen molar-refractivity contribution in [1.82, 2.24) is 5.16 Å². The van der Waals surface area contributed by atoms with E-state index in [-0.39, 0.29) is 5.41 Å². The molecule has 0 amide bonds. The molecule has 1 aromatic heterocycles. The predicted molar refractivity (Wildman–Crippen MR) is 92.4 cm³/mol. The highest BCUT2D eigenvalue weighted by Crippen LogP contribution is 2.67. The first-order chi connectivity index (χ1) is 11.4. The van der Waals surface area contributed by atoms with E-state index in [1.54, 1.807) is 0 Å². The largest absolute Gasteiger partial charge is 0.390 e. The lowest BCUT2D eigenvalue weighted by Gasteiger charge is -2.60. The number of aromatic nitrogens is 1. The van der Waals surface area contributed by atoms with Crippen molar-refractivity contribution in [2.75, 3.05) is 0 Å². The van der Waals surface area contributed by atoms with Crippen LogP contribution in [-0.2, 0) is 12.8 Å². The number of rotatable bonds is 0. The average molecular weight is 329 g/mol. The molecule has 0 bridgehead atoms. The second-order valence-corrected chi connectivity index (χ2v) is 10.1. The summed E-state index contributed by atoms with van der Waals surface area (Å²) in [4.78, 5) is 0. The summed E-state index contributed by atoms with van der Waals surface area (Å²) in [6.45, 7) is 7.04. The number of hydrogen-bond acceptors (Lipinski definition) is 3. The lowest BCUT2D eigenvalue weighted by atomic mass is 9.44. The van der Waals surface area contributed by atoms with Crippen LogP contribution < -0.4 is 0 Å². The van der Waals surface area contributed by atoms with Gasteiger partial charge in [0.25, 0.3) is 0 Å². The van der Waals surface area contributed by atoms with Gasteiger partial charge in [-0.1, -0.05) is 19.0 Å². The van der Waals surface area contributed by atoms with Gasteiger partial charge >= 0.3 is 0 Å². The molecular weight excluding hydrogens is 298 g/mol. The van der Waals surface area contributed by atoms with Crippen LogP contribution in [0.15, 0.2) is 10.8 Å². The van der Waals surface area contributed by atoms with Crippen molar-refractivity contribution in [3.8, 4) is 0 Å². The number of nitrogens with zero attached hydrogens (tertiary/aromatic N) is 1. The molecule has 0 aliphatic heterocycles. The molecule has 0 radical (unpaired) electrons. The topological polar surface area (TPSA) is 46.3 Å². The molecule has 3 heteroatoms. The van der Waals surface area contributed by atoms with Crippen LogP contribution in [0.5, 0.6) is 0 Å². The minimum absolute atomic E-state index is 0.133. The van der Waals surface area contributed by atoms with E-state index in [2.05, 4.69) is 25.9 Å². The first-order valence-electron chi connectivity index (χ1n) is 10.00. The number of fused-ring (bicyclic) bond motifs is 6. The Balaban J connectivity index is 1.50. The third-order valence-electron chi connectivity index (χ3n) is 9.37. The molecule has 4 aliphatic rings. The molecule has 1 heterocycles. The Labute approximate surface area is 145 Å². The van der Waals surface area contributed by atoms with Crippen LogP contribution >= 0.6 is 0 Å². The quantitative estimate of drug-likeness (QED) is 0.768. The van der Waals surface area contributed by atoms with Gasteiger partial charge in [-0.05, 0) is 92.8 Å². The second kappa shape index (κ2) is 4.66. The van der Waals surface area contributed by atoms with Crippen molar-refractivity contribution < 1.29 is 9.63 Å². The lowest BCUT2D eigenvalue weighted by molar-refractivity contribution is -0.139. The minimum atomic E-state index is -0.464. The van der Waals surface area contributed by atoms with Gasteiger partial charge in [-0.25, -0.2) is 0 Å². The van der Waals surface area contributed by atoms with Crippen molar-refractivity contribution in [1.29, 1.82) is 0 Å². The monoisotopic (exact) mass is 329 g/mol. The fraction of sp³-hybridized carbons (Fsp3) is 0.857. The molecule has 3 nitrogen and oxygen atoms in total. The smallest absolute Gasteiger partial charge is 0.127 e. The van der Waals surface area contributed by atoms with Gasteiger partial charge < -0.3 is 9.63 Å². The summed E-state index contributed by atoms with van der Waals surface area (Å²) in [5.74, 6) is 3.10. The van der Waals surface area contributed by atoms with Gasteiger partial charge in [-0.3, -0.25) is 0 Å². The Morgan fingerprint density at radius 1 is 1.08 bits per heavy atom. The van der Waals surface area contributed by atoms with Gasteiger partial charge in [0.2, 0.25) is 0 Å². The SMILES string of the molecule is C[C@@]12Cc3conc3C[C@@H]1CC[C@H]1[C@@H]2CC[C@]2(C)[C@H]1CC[C@@]2(C)O. The summed E-state index contributed by atoms with van der Waals surface area (Å²) in [7, 11) is 0. The molecule has 1 N–H and O–H groups in total. The average Bonchev–Trinajstić information content (AvgIpc) is 3.06. The van der Waals surface area contributed by atoms with E-state index < -0.39 is 5.60 Å². The van der Waals surface area contributed by atoms with Crippen LogP contribution in [-0.4, -0.2) is 15.9 Å². The minimum Gasteiger partial charge on any atom is -0.390 e. The zero-order chi connectivity index (χ0) is 16.7. The summed E-state index contributed by atoms with van der Waals surface area (Å²) in [5, 5.41) is 15.3. The fourth-order valence-corrected chi connectivity index (χ4v) is 7.63. The molecule has 1 aromatic rings. The van der Waals surface area contributed by atoms with Crippen LogP contribution in [0.2, 0.25) is 0 Å². The van der Waals surface area contributed by atoms with E-state index in [9.17, 15) is 5.11 Å². The molecular formula is C21H31NO2. The molecule has 4 aliphatic carbocycles. The zero-order valence-electron chi connectivity index (χ0n) is 15.3. The Kier molecular flexibility index (Phi) is 3.00. The summed E-state index contributed by atoms with van der Waals surface area (Å²) in [5.41, 5.74) is 2.65. The summed E-state index contributed by atoms with van der Waals surface area (Å²) in [6, 6.07) is 0. The van der Waals surface area contributed by atoms with E-state index >= 15 is 0 Å². The van der Waals surface area contributed by atoms with Crippen LogP contribution in [0, 0.1) is 34.5 Å². The highest BCUT2D eigenvalue weighted by Gasteiger charge is 2.63. The van der Waals surface area contributed by atoms with E-state index in [4.69, 9.17) is 4.52 Å². The third kappa shape index (κ3) is 1.75. The van der Waals surface area contributed by atoms with Crippen LogP contribution in [0.4, 0.5) is 0 Å². The lowest BCUT2D eigenvalue weighted by Crippen LogP contribution is -2.56. The number of aliphatic hydroxyl groups is 1. The van der Waals surface area contributed by atoms with Gasteiger partial charge in [-0.2, -0.15) is 0 Å². The summed E-state index contributed by atoms with van der Waals surface area (Å²) in [6.07, 6.45) is 11.6. The van der Waals surface area contributed by atoms with E-state index in [1.807, 2.05) is 6.26 Å². The Morgan fingerprint density at radius 3 is 2.71 bits per heavy atom. The summed E-state index contributed by atoms with van der Waals surface area (Å²) >= 11 is 0. The van der Waals surface area contributed by atoms with Gasteiger partial charge in [0.05, 0.1) is 11.3 Å². The Morgan fingerprint density at radius 2 is 1.88 bits per heavy atom. The van der Waals surface area contributed by atoms with Crippen LogP contribution in [0.1, 0.15) is 70.6 Å². The van der Waals surface area contributed by atoms with Gasteiger partial charge in [0.15, 0.2) is 0 Å². The molecule has 132 valence electrons. The van der Waals surface area contributed by atoms with Gasteiger partial charge in [0, 0.05) is 5.56 Å². The highest BCUT2D eigenvalue weighted by molar-refractivity contribution is 5.25. The first kappa shape index (κ1) is 15.4. The van der Waals surface area contributed by atoms with Crippen LogP contribution in [0.3, 0.4) is 0 Å². The van der Waals surface area contributed by atoms with Crippen molar-refractivity contribution >= 4 is 0 Å². The summed E-state index contributed by atoms with van der Waals surface area (Å²) < 4.78 is 5.28. The maximum atomic E-state index is 11.0. The molecule has 0 unspecified atom stereocenters. The molecule has 3 saturated carbocycles. The van der Waals surface area contributed by atoms with Crippen LogP contribution in [0.25, 0.3) is 0 Å². The van der Waals surface area contributed by atoms with E-state index in [0.29, 0.717) is 11.3 Å². The maximum Gasteiger partial charge on any atom is 0.127 e. The van der Waals surface area contributed by atoms with E-state index in [0.717, 1.165) is 37.0 Å². The zero-order valence-corrected chi connectivity index (χ0v) is 15.3. The van der Waals surface area contributed by atoms with Gasteiger partial charge in [0.1, 0.15) is 6.26 Å². The molecule has 3 fully saturated rings. The van der Waals surface area contributed by atoms with Crippen molar-refractivity contribution in [2.45, 2.75) is 77.7 Å². The molecule has 0 saturated heterocycles. The van der Waals surface area contributed by atoms with Crippen molar-refractivity contribution in [2.24, 2.45) is 34.5 Å². The van der Waals surface area contributed by atoms with Crippen molar-refractivity contribution in [3.05, 3.63) is 17.5 Å². The molecule has 0 aromatic carbocycles. The molecule has 5 rings (SSSR count). The Bertz CT molecular complexity index is 665. The van der Waals surface area contributed by atoms with Gasteiger partial charge in [-0.15, -0.1) is 0 Å². The first-order valence-corrected chi connectivity index (χ1v) is 10.00. The maximum absolute atomic E-state index is 11.0. The standard InChI is InChI=1S/C21H31NO2/c1-19-11-13-12-24-22-18(13)10-14(19)4-5-15-16(19)6-8-20(2)17(15)7-9-21(20,3)23/h12,14-17,23H,4-11H2,1-3H3/t14-,15-,16-,17-,19+,20+,21+/m0/s1. The molecule has 7 atom stereocenters. The molecule has 0 spiro atoms. The number of hydrogen-bond donors (Lipinski definition) is 1. The second-order valence-electron chi connectivity index (χ2n) is 10.1. The predicted octanol–water partition coefficient (Wildman–Crippen LogP) is 4.38. The normalized spacial score (nSPS) is 53.0. The fourth-order valence-electron chi connectivity index (χ4n) is 7.63. The third-order valence-corrected chi connectivity index (χ3v) is 9.37. The highest BCUT2D eigenvalue weighted by atomic mass is 16.5. The molecule has 24 heavy (non-hydrogen) atoms. The Hall–Kier alpha value is -0.830. The van der Waals surface area contributed by atoms with Crippen molar-refractivity contribution in [3.63, 3.8) is 0 Å². The van der Waals surface area contributed by atoms with E-state index in [1.165, 1.54) is 43.4 Å².